The Morgan fingerprint density at radius 2 is 1.73 bits per heavy atom. The maximum absolute atomic E-state index is 13.0. The van der Waals surface area contributed by atoms with Crippen molar-refractivity contribution in [2.45, 2.75) is 39.2 Å². The molecule has 136 valence electrons. The number of carbonyl (C=O) groups excluding carboxylic acids is 2. The highest BCUT2D eigenvalue weighted by Gasteiger charge is 2.28. The fraction of sp³-hybridized carbons (Fsp3) is 0.364. The van der Waals surface area contributed by atoms with E-state index in [1.165, 1.54) is 0 Å². The largest absolute Gasteiger partial charge is 0.341 e. The summed E-state index contributed by atoms with van der Waals surface area (Å²) in [7, 11) is 0. The van der Waals surface area contributed by atoms with E-state index in [1.807, 2.05) is 67.3 Å². The van der Waals surface area contributed by atoms with E-state index in [0.717, 1.165) is 42.6 Å². The maximum atomic E-state index is 13.0. The molecule has 26 heavy (non-hydrogen) atoms. The number of benzene rings is 2. The van der Waals surface area contributed by atoms with E-state index in [4.69, 9.17) is 0 Å². The van der Waals surface area contributed by atoms with Gasteiger partial charge in [-0.3, -0.25) is 9.59 Å². The quantitative estimate of drug-likeness (QED) is 0.900. The van der Waals surface area contributed by atoms with Crippen LogP contribution in [0.3, 0.4) is 0 Å². The Kier molecular flexibility index (Phi) is 5.71. The van der Waals surface area contributed by atoms with Gasteiger partial charge in [0.05, 0.1) is 0 Å². The van der Waals surface area contributed by atoms with Gasteiger partial charge in [-0.2, -0.15) is 0 Å². The number of rotatable bonds is 5. The number of nitrogens with zero attached hydrogens (tertiary/aromatic N) is 1. The van der Waals surface area contributed by atoms with E-state index in [2.05, 4.69) is 5.32 Å². The number of amides is 2. The maximum Gasteiger partial charge on any atom is 0.252 e. The summed E-state index contributed by atoms with van der Waals surface area (Å²) in [6, 6.07) is 15.1. The minimum absolute atomic E-state index is 0.0180. The Bertz CT molecular complexity index is 780. The molecule has 0 spiro atoms. The average Bonchev–Trinajstić information content (AvgIpc) is 3.16. The van der Waals surface area contributed by atoms with Crippen LogP contribution in [0.25, 0.3) is 0 Å². The molecule has 1 fully saturated rings. The topological polar surface area (TPSA) is 49.4 Å². The van der Waals surface area contributed by atoms with E-state index in [9.17, 15) is 9.59 Å². The molecule has 1 N–H and O–H groups in total. The Hall–Kier alpha value is -2.62. The second-order valence-electron chi connectivity index (χ2n) is 7.07. The molecule has 0 radical (unpaired) electrons. The molecule has 1 heterocycles. The molecule has 0 bridgehead atoms. The van der Waals surface area contributed by atoms with E-state index in [-0.39, 0.29) is 11.8 Å². The fourth-order valence-electron chi connectivity index (χ4n) is 3.51. The Balaban J connectivity index is 1.80. The molecule has 1 atom stereocenters. The second-order valence-corrected chi connectivity index (χ2v) is 7.07. The molecule has 0 aliphatic carbocycles. The van der Waals surface area contributed by atoms with Crippen LogP contribution in [-0.4, -0.2) is 35.8 Å². The summed E-state index contributed by atoms with van der Waals surface area (Å²) in [4.78, 5) is 27.7. The van der Waals surface area contributed by atoms with Gasteiger partial charge in [-0.15, -0.1) is 0 Å². The van der Waals surface area contributed by atoms with Crippen molar-refractivity contribution in [2.24, 2.45) is 0 Å². The first kappa shape index (κ1) is 18.2. The lowest BCUT2D eigenvalue weighted by Crippen LogP contribution is -2.49. The number of aryl methyl sites for hydroxylation is 2. The zero-order chi connectivity index (χ0) is 18.5. The SMILES string of the molecule is Cc1ccc(C(=O)NC(Cc2ccccc2)C(=O)N2CCCC2)c(C)c1. The smallest absolute Gasteiger partial charge is 0.252 e. The lowest BCUT2D eigenvalue weighted by molar-refractivity contribution is -0.132. The fourth-order valence-corrected chi connectivity index (χ4v) is 3.51. The van der Waals surface area contributed by atoms with Crippen LogP contribution in [0.15, 0.2) is 48.5 Å². The van der Waals surface area contributed by atoms with Crippen LogP contribution in [0.1, 0.15) is 39.9 Å². The molecule has 1 aliphatic rings. The summed E-state index contributed by atoms with van der Waals surface area (Å²) in [5, 5.41) is 2.99. The van der Waals surface area contributed by atoms with Crippen LogP contribution in [0.4, 0.5) is 0 Å². The Labute approximate surface area is 155 Å². The van der Waals surface area contributed by atoms with Gasteiger partial charge in [0.1, 0.15) is 6.04 Å². The van der Waals surface area contributed by atoms with Crippen molar-refractivity contribution < 1.29 is 9.59 Å². The van der Waals surface area contributed by atoms with Gasteiger partial charge in [0.2, 0.25) is 5.91 Å². The minimum atomic E-state index is -0.538. The lowest BCUT2D eigenvalue weighted by atomic mass is 10.0. The molecular weight excluding hydrogens is 324 g/mol. The molecule has 2 aromatic rings. The van der Waals surface area contributed by atoms with Crippen LogP contribution < -0.4 is 5.32 Å². The van der Waals surface area contributed by atoms with Gasteiger partial charge in [-0.25, -0.2) is 0 Å². The van der Waals surface area contributed by atoms with Gasteiger partial charge < -0.3 is 10.2 Å². The third-order valence-electron chi connectivity index (χ3n) is 4.93. The van der Waals surface area contributed by atoms with E-state index < -0.39 is 6.04 Å². The van der Waals surface area contributed by atoms with E-state index in [1.54, 1.807) is 0 Å². The number of carbonyl (C=O) groups is 2. The van der Waals surface area contributed by atoms with Crippen LogP contribution in [0.5, 0.6) is 0 Å². The highest BCUT2D eigenvalue weighted by atomic mass is 16.2. The van der Waals surface area contributed by atoms with E-state index in [0.29, 0.717) is 12.0 Å². The summed E-state index contributed by atoms with van der Waals surface area (Å²) in [6.07, 6.45) is 2.58. The van der Waals surface area contributed by atoms with Crippen molar-refractivity contribution in [1.29, 1.82) is 0 Å². The normalized spacial score (nSPS) is 14.9. The number of hydrogen-bond donors (Lipinski definition) is 1. The second kappa shape index (κ2) is 8.17. The molecule has 2 amide bonds. The molecule has 1 unspecified atom stereocenters. The highest BCUT2D eigenvalue weighted by molar-refractivity contribution is 5.98. The molecular formula is C22H26N2O2. The lowest BCUT2D eigenvalue weighted by Gasteiger charge is -2.24. The third kappa shape index (κ3) is 4.31. The Morgan fingerprint density at radius 3 is 2.38 bits per heavy atom. The molecule has 0 saturated carbocycles. The van der Waals surface area contributed by atoms with Gasteiger partial charge in [0.25, 0.3) is 5.91 Å². The van der Waals surface area contributed by atoms with Crippen LogP contribution in [0.2, 0.25) is 0 Å². The molecule has 2 aromatic carbocycles. The van der Waals surface area contributed by atoms with Crippen LogP contribution >= 0.6 is 0 Å². The number of nitrogens with one attached hydrogen (secondary N) is 1. The van der Waals surface area contributed by atoms with Crippen LogP contribution in [-0.2, 0) is 11.2 Å². The van der Waals surface area contributed by atoms with Crippen molar-refractivity contribution >= 4 is 11.8 Å². The zero-order valence-corrected chi connectivity index (χ0v) is 15.5. The summed E-state index contributed by atoms with van der Waals surface area (Å²) in [5.41, 5.74) is 3.72. The molecule has 3 rings (SSSR count). The number of likely N-dealkylation sites (tertiary alicyclic amines) is 1. The Morgan fingerprint density at radius 1 is 1.04 bits per heavy atom. The predicted octanol–water partition coefficient (Wildman–Crippen LogP) is 3.27. The zero-order valence-electron chi connectivity index (χ0n) is 15.5. The third-order valence-corrected chi connectivity index (χ3v) is 4.93. The summed E-state index contributed by atoms with van der Waals surface area (Å²) in [6.45, 7) is 5.49. The van der Waals surface area contributed by atoms with Crippen molar-refractivity contribution in [2.75, 3.05) is 13.1 Å². The van der Waals surface area contributed by atoms with Gasteiger partial charge in [-0.1, -0.05) is 48.0 Å². The summed E-state index contributed by atoms with van der Waals surface area (Å²) < 4.78 is 0. The molecule has 1 saturated heterocycles. The van der Waals surface area contributed by atoms with Gasteiger partial charge in [0, 0.05) is 25.1 Å². The van der Waals surface area contributed by atoms with Gasteiger partial charge in [-0.05, 0) is 43.9 Å². The highest BCUT2D eigenvalue weighted by Crippen LogP contribution is 2.15. The summed E-state index contributed by atoms with van der Waals surface area (Å²) in [5.74, 6) is -0.166. The molecule has 4 nitrogen and oxygen atoms in total. The van der Waals surface area contributed by atoms with Gasteiger partial charge in [0.15, 0.2) is 0 Å². The first-order chi connectivity index (χ1) is 12.5. The monoisotopic (exact) mass is 350 g/mol. The van der Waals surface area contributed by atoms with E-state index >= 15 is 0 Å². The molecule has 0 aromatic heterocycles. The van der Waals surface area contributed by atoms with Crippen molar-refractivity contribution in [3.8, 4) is 0 Å². The van der Waals surface area contributed by atoms with Crippen LogP contribution in [0, 0.1) is 13.8 Å². The predicted molar refractivity (Wildman–Crippen MR) is 103 cm³/mol. The minimum Gasteiger partial charge on any atom is -0.341 e. The van der Waals surface area contributed by atoms with Crippen molar-refractivity contribution in [3.63, 3.8) is 0 Å². The van der Waals surface area contributed by atoms with Crippen molar-refractivity contribution in [1.82, 2.24) is 10.2 Å². The molecule has 1 aliphatic heterocycles. The van der Waals surface area contributed by atoms with Crippen molar-refractivity contribution in [3.05, 3.63) is 70.8 Å². The first-order valence-electron chi connectivity index (χ1n) is 9.25. The van der Waals surface area contributed by atoms with Gasteiger partial charge >= 0.3 is 0 Å². The average molecular weight is 350 g/mol. The molecule has 4 heteroatoms. The number of hydrogen-bond acceptors (Lipinski definition) is 2. The first-order valence-corrected chi connectivity index (χ1v) is 9.25. The standard InChI is InChI=1S/C22H26N2O2/c1-16-10-11-19(17(2)14-16)21(25)23-20(15-18-8-4-3-5-9-18)22(26)24-12-6-7-13-24/h3-5,8-11,14,20H,6-7,12-13,15H2,1-2H3,(H,23,25). The summed E-state index contributed by atoms with van der Waals surface area (Å²) >= 11 is 0.